The van der Waals surface area contributed by atoms with Crippen LogP contribution in [0.4, 0.5) is 0 Å². The second-order valence-corrected chi connectivity index (χ2v) is 9.78. The minimum Gasteiger partial charge on any atom is -0.336 e. The van der Waals surface area contributed by atoms with Crippen molar-refractivity contribution < 1.29 is 9.59 Å². The molecule has 6 heteroatoms. The summed E-state index contributed by atoms with van der Waals surface area (Å²) in [5.74, 6) is 0.740. The molecule has 1 atom stereocenters. The molecular formula is C27H36N4O2. The highest BCUT2D eigenvalue weighted by atomic mass is 16.2. The fourth-order valence-electron chi connectivity index (χ4n) is 5.14. The number of nitrogens with zero attached hydrogens (tertiary/aromatic N) is 4. The molecule has 176 valence electrons. The zero-order valence-corrected chi connectivity index (χ0v) is 19.9. The highest BCUT2D eigenvalue weighted by molar-refractivity contribution is 6.03. The van der Waals surface area contributed by atoms with Gasteiger partial charge in [-0.25, -0.2) is 0 Å². The number of pyridine rings is 1. The summed E-state index contributed by atoms with van der Waals surface area (Å²) in [4.78, 5) is 38.4. The summed E-state index contributed by atoms with van der Waals surface area (Å²) in [5.41, 5.74) is 0.451. The van der Waals surface area contributed by atoms with Crippen molar-refractivity contribution in [2.75, 3.05) is 45.8 Å². The summed E-state index contributed by atoms with van der Waals surface area (Å²) >= 11 is 0. The summed E-state index contributed by atoms with van der Waals surface area (Å²) in [6, 6.07) is 14.9. The van der Waals surface area contributed by atoms with Crippen molar-refractivity contribution in [1.82, 2.24) is 19.7 Å². The molecule has 0 N–H and O–H groups in total. The number of piperidine rings is 1. The predicted octanol–water partition coefficient (Wildman–Crippen LogP) is 3.60. The number of carbonyl (C=O) groups is 2. The fourth-order valence-corrected chi connectivity index (χ4v) is 5.14. The Balaban J connectivity index is 1.57. The molecule has 2 aromatic rings. The van der Waals surface area contributed by atoms with Gasteiger partial charge in [-0.15, -0.1) is 0 Å². The van der Waals surface area contributed by atoms with Gasteiger partial charge in [-0.2, -0.15) is 0 Å². The number of ketones is 1. The Morgan fingerprint density at radius 2 is 1.70 bits per heavy atom. The zero-order valence-electron chi connectivity index (χ0n) is 19.9. The molecule has 0 spiro atoms. The molecular weight excluding hydrogens is 412 g/mol. The van der Waals surface area contributed by atoms with E-state index in [4.69, 9.17) is 0 Å². The summed E-state index contributed by atoms with van der Waals surface area (Å²) in [7, 11) is 0. The van der Waals surface area contributed by atoms with Crippen LogP contribution in [0.5, 0.6) is 0 Å². The molecule has 2 fully saturated rings. The highest BCUT2D eigenvalue weighted by Crippen LogP contribution is 2.33. The van der Waals surface area contributed by atoms with Crippen molar-refractivity contribution in [1.29, 1.82) is 0 Å². The number of carbonyl (C=O) groups excluding carboxylic acids is 2. The number of Topliss-reactive ketones (excluding diaryl/α,β-unsaturated/α-hetero) is 1. The minimum absolute atomic E-state index is 0.00376. The molecule has 2 aliphatic heterocycles. The average molecular weight is 449 g/mol. The molecule has 1 unspecified atom stereocenters. The number of hydrogen-bond acceptors (Lipinski definition) is 5. The Labute approximate surface area is 197 Å². The van der Waals surface area contributed by atoms with Crippen LogP contribution in [-0.2, 0) is 0 Å². The van der Waals surface area contributed by atoms with E-state index in [1.807, 2.05) is 47.4 Å². The molecule has 0 saturated carbocycles. The standard InChI is InChI=1S/C27H36N4O2/c1-22(2)12-16-29-17-19-31(20-18-29)27(25(32)24-11-6-7-14-28-24)13-8-15-30(21-27)26(33)23-9-4-3-5-10-23/h3-7,9-11,14,22H,8,12-13,15-21H2,1-2H3. The molecule has 1 aromatic carbocycles. The fraction of sp³-hybridized carbons (Fsp3) is 0.519. The monoisotopic (exact) mass is 448 g/mol. The number of piperazine rings is 1. The molecule has 1 aromatic heterocycles. The maximum atomic E-state index is 14.0. The Morgan fingerprint density at radius 3 is 2.36 bits per heavy atom. The van der Waals surface area contributed by atoms with E-state index in [9.17, 15) is 9.59 Å². The van der Waals surface area contributed by atoms with Gasteiger partial charge in [0, 0.05) is 51.0 Å². The maximum absolute atomic E-state index is 14.0. The molecule has 0 aliphatic carbocycles. The Morgan fingerprint density at radius 1 is 0.970 bits per heavy atom. The van der Waals surface area contributed by atoms with Crippen LogP contribution in [-0.4, -0.2) is 82.7 Å². The lowest BCUT2D eigenvalue weighted by atomic mass is 9.80. The van der Waals surface area contributed by atoms with Gasteiger partial charge in [0.15, 0.2) is 0 Å². The maximum Gasteiger partial charge on any atom is 0.253 e. The lowest BCUT2D eigenvalue weighted by molar-refractivity contribution is -0.00550. The van der Waals surface area contributed by atoms with Gasteiger partial charge in [0.1, 0.15) is 11.2 Å². The molecule has 2 saturated heterocycles. The zero-order chi connectivity index (χ0) is 23.3. The van der Waals surface area contributed by atoms with Crippen molar-refractivity contribution in [3.8, 4) is 0 Å². The second-order valence-electron chi connectivity index (χ2n) is 9.78. The van der Waals surface area contributed by atoms with Crippen molar-refractivity contribution in [3.63, 3.8) is 0 Å². The molecule has 33 heavy (non-hydrogen) atoms. The van der Waals surface area contributed by atoms with Gasteiger partial charge in [-0.05, 0) is 56.0 Å². The average Bonchev–Trinajstić information content (AvgIpc) is 2.88. The summed E-state index contributed by atoms with van der Waals surface area (Å²) in [6.45, 7) is 10.3. The predicted molar refractivity (Wildman–Crippen MR) is 130 cm³/mol. The number of hydrogen-bond donors (Lipinski definition) is 0. The largest absolute Gasteiger partial charge is 0.336 e. The van der Waals surface area contributed by atoms with Crippen LogP contribution in [0, 0.1) is 5.92 Å². The Bertz CT molecular complexity index is 926. The van der Waals surface area contributed by atoms with Crippen LogP contribution in [0.1, 0.15) is 54.0 Å². The van der Waals surface area contributed by atoms with E-state index in [-0.39, 0.29) is 11.7 Å². The minimum atomic E-state index is -0.721. The van der Waals surface area contributed by atoms with E-state index >= 15 is 0 Å². The first-order valence-electron chi connectivity index (χ1n) is 12.3. The second kappa shape index (κ2) is 10.6. The normalized spacial score (nSPS) is 22.5. The molecule has 6 nitrogen and oxygen atoms in total. The molecule has 0 radical (unpaired) electrons. The van der Waals surface area contributed by atoms with Crippen LogP contribution >= 0.6 is 0 Å². The van der Waals surface area contributed by atoms with E-state index in [0.717, 1.165) is 45.6 Å². The van der Waals surface area contributed by atoms with E-state index in [0.29, 0.717) is 30.3 Å². The number of aromatic nitrogens is 1. The van der Waals surface area contributed by atoms with E-state index in [2.05, 4.69) is 28.6 Å². The van der Waals surface area contributed by atoms with Crippen LogP contribution in [0.3, 0.4) is 0 Å². The van der Waals surface area contributed by atoms with Crippen LogP contribution in [0.15, 0.2) is 54.7 Å². The van der Waals surface area contributed by atoms with E-state index < -0.39 is 5.54 Å². The van der Waals surface area contributed by atoms with E-state index in [1.165, 1.54) is 6.42 Å². The number of rotatable bonds is 7. The van der Waals surface area contributed by atoms with Gasteiger partial charge in [-0.3, -0.25) is 19.5 Å². The third-order valence-corrected chi connectivity index (χ3v) is 7.10. The van der Waals surface area contributed by atoms with Crippen LogP contribution < -0.4 is 0 Å². The summed E-state index contributed by atoms with van der Waals surface area (Å²) < 4.78 is 0. The quantitative estimate of drug-likeness (QED) is 0.606. The van der Waals surface area contributed by atoms with Gasteiger partial charge in [0.2, 0.25) is 5.78 Å². The lowest BCUT2D eigenvalue weighted by Crippen LogP contribution is -2.67. The number of likely N-dealkylation sites (tertiary alicyclic amines) is 1. The van der Waals surface area contributed by atoms with Gasteiger partial charge >= 0.3 is 0 Å². The molecule has 0 bridgehead atoms. The first kappa shape index (κ1) is 23.6. The first-order valence-corrected chi connectivity index (χ1v) is 12.3. The van der Waals surface area contributed by atoms with Gasteiger partial charge in [0.05, 0.1) is 0 Å². The molecule has 1 amide bonds. The number of benzene rings is 1. The Kier molecular flexibility index (Phi) is 7.56. The van der Waals surface area contributed by atoms with Crippen LogP contribution in [0.25, 0.3) is 0 Å². The van der Waals surface area contributed by atoms with E-state index in [1.54, 1.807) is 12.3 Å². The first-order chi connectivity index (χ1) is 16.0. The van der Waals surface area contributed by atoms with Crippen molar-refractivity contribution in [3.05, 3.63) is 66.0 Å². The third kappa shape index (κ3) is 5.33. The molecule has 2 aliphatic rings. The lowest BCUT2D eigenvalue weighted by Gasteiger charge is -2.51. The van der Waals surface area contributed by atoms with Gasteiger partial charge in [0.25, 0.3) is 5.91 Å². The molecule has 3 heterocycles. The SMILES string of the molecule is CC(C)CCN1CCN(C2(C(=O)c3ccccn3)CCCN(C(=O)c3ccccc3)C2)CC1. The third-order valence-electron chi connectivity index (χ3n) is 7.10. The highest BCUT2D eigenvalue weighted by Gasteiger charge is 2.49. The molecule has 4 rings (SSSR count). The van der Waals surface area contributed by atoms with Gasteiger partial charge in [-0.1, -0.05) is 38.1 Å². The van der Waals surface area contributed by atoms with Crippen molar-refractivity contribution >= 4 is 11.7 Å². The summed E-state index contributed by atoms with van der Waals surface area (Å²) in [5, 5.41) is 0. The van der Waals surface area contributed by atoms with Crippen molar-refractivity contribution in [2.45, 2.75) is 38.6 Å². The number of amides is 1. The topological polar surface area (TPSA) is 56.8 Å². The Hall–Kier alpha value is -2.57. The van der Waals surface area contributed by atoms with Crippen molar-refractivity contribution in [2.24, 2.45) is 5.92 Å². The van der Waals surface area contributed by atoms with Crippen LogP contribution in [0.2, 0.25) is 0 Å². The van der Waals surface area contributed by atoms with Gasteiger partial charge < -0.3 is 9.80 Å². The smallest absolute Gasteiger partial charge is 0.253 e. The summed E-state index contributed by atoms with van der Waals surface area (Å²) in [6.07, 6.45) is 4.44.